The molecule has 0 fully saturated rings. The average Bonchev–Trinajstić information content (AvgIpc) is 2.66. The fourth-order valence-corrected chi connectivity index (χ4v) is 1.93. The quantitative estimate of drug-likeness (QED) is 0.784. The number of nitrogens with zero attached hydrogens (tertiary/aromatic N) is 1. The normalized spacial score (nSPS) is 11.8. The van der Waals surface area contributed by atoms with Gasteiger partial charge in [0.25, 0.3) is 0 Å². The van der Waals surface area contributed by atoms with Crippen molar-refractivity contribution < 1.29 is 22.7 Å². The van der Waals surface area contributed by atoms with E-state index in [0.717, 1.165) is 12.1 Å². The summed E-state index contributed by atoms with van der Waals surface area (Å²) in [6, 6.07) is 4.78. The molecule has 102 valence electrons. The molecule has 0 bridgehead atoms. The van der Waals surface area contributed by atoms with E-state index < -0.39 is 17.7 Å². The number of carbonyl (C=O) groups excluding carboxylic acids is 1. The Hall–Kier alpha value is -1.98. The predicted molar refractivity (Wildman–Crippen MR) is 63.9 cm³/mol. The topological polar surface area (TPSA) is 31.2 Å². The largest absolute Gasteiger partial charge is 0.461 e. The lowest BCUT2D eigenvalue weighted by Crippen LogP contribution is -2.09. The van der Waals surface area contributed by atoms with Crippen molar-refractivity contribution in [2.45, 2.75) is 13.1 Å². The van der Waals surface area contributed by atoms with E-state index in [1.807, 2.05) is 0 Å². The molecule has 0 aliphatic heterocycles. The highest BCUT2D eigenvalue weighted by Gasteiger charge is 2.30. The molecule has 0 atom stereocenters. The van der Waals surface area contributed by atoms with Gasteiger partial charge in [-0.15, -0.1) is 0 Å². The minimum atomic E-state index is -4.39. The molecule has 19 heavy (non-hydrogen) atoms. The van der Waals surface area contributed by atoms with Gasteiger partial charge in [-0.25, -0.2) is 4.79 Å². The number of esters is 1. The number of aromatic nitrogens is 1. The Morgan fingerprint density at radius 1 is 1.32 bits per heavy atom. The van der Waals surface area contributed by atoms with Gasteiger partial charge in [0, 0.05) is 18.0 Å². The van der Waals surface area contributed by atoms with Crippen LogP contribution in [0.25, 0.3) is 10.9 Å². The van der Waals surface area contributed by atoms with Gasteiger partial charge in [-0.05, 0) is 31.2 Å². The second-order valence-electron chi connectivity index (χ2n) is 4.08. The number of benzene rings is 1. The van der Waals surface area contributed by atoms with Crippen molar-refractivity contribution in [3.05, 3.63) is 35.5 Å². The first kappa shape index (κ1) is 13.5. The number of alkyl halides is 3. The number of ether oxygens (including phenoxy) is 1. The first-order chi connectivity index (χ1) is 8.84. The molecule has 1 aromatic heterocycles. The zero-order chi connectivity index (χ0) is 14.2. The van der Waals surface area contributed by atoms with Crippen molar-refractivity contribution in [1.82, 2.24) is 4.57 Å². The summed E-state index contributed by atoms with van der Waals surface area (Å²) in [5.74, 6) is -0.547. The van der Waals surface area contributed by atoms with E-state index >= 15 is 0 Å². The molecule has 1 heterocycles. The lowest BCUT2D eigenvalue weighted by Gasteiger charge is -2.06. The molecule has 0 amide bonds. The van der Waals surface area contributed by atoms with E-state index in [9.17, 15) is 18.0 Å². The van der Waals surface area contributed by atoms with Gasteiger partial charge in [-0.2, -0.15) is 13.2 Å². The van der Waals surface area contributed by atoms with Crippen molar-refractivity contribution in [3.63, 3.8) is 0 Å². The summed E-state index contributed by atoms with van der Waals surface area (Å²) in [4.78, 5) is 11.7. The van der Waals surface area contributed by atoms with Crippen LogP contribution in [0.1, 0.15) is 23.0 Å². The highest BCUT2D eigenvalue weighted by atomic mass is 19.4. The Bertz CT molecular complexity index is 629. The maximum absolute atomic E-state index is 12.6. The summed E-state index contributed by atoms with van der Waals surface area (Å²) < 4.78 is 44.2. The Balaban J connectivity index is 2.54. The van der Waals surface area contributed by atoms with Crippen molar-refractivity contribution >= 4 is 16.9 Å². The first-order valence-electron chi connectivity index (χ1n) is 5.68. The van der Waals surface area contributed by atoms with Crippen LogP contribution in [-0.2, 0) is 18.0 Å². The minimum absolute atomic E-state index is 0.216. The summed E-state index contributed by atoms with van der Waals surface area (Å²) >= 11 is 0. The summed E-state index contributed by atoms with van der Waals surface area (Å²) in [5, 5.41) is 0.361. The average molecular weight is 271 g/mol. The van der Waals surface area contributed by atoms with Gasteiger partial charge < -0.3 is 9.30 Å². The number of rotatable bonds is 2. The van der Waals surface area contributed by atoms with Crippen LogP contribution in [0, 0.1) is 0 Å². The van der Waals surface area contributed by atoms with Gasteiger partial charge in [0.2, 0.25) is 0 Å². The first-order valence-corrected chi connectivity index (χ1v) is 5.68. The Kier molecular flexibility index (Phi) is 3.26. The maximum Gasteiger partial charge on any atom is 0.416 e. The second kappa shape index (κ2) is 4.60. The number of fused-ring (bicyclic) bond motifs is 1. The van der Waals surface area contributed by atoms with Gasteiger partial charge in [0.15, 0.2) is 0 Å². The van der Waals surface area contributed by atoms with Crippen LogP contribution in [-0.4, -0.2) is 17.1 Å². The monoisotopic (exact) mass is 271 g/mol. The van der Waals surface area contributed by atoms with E-state index in [1.165, 1.54) is 16.7 Å². The zero-order valence-corrected chi connectivity index (χ0v) is 10.4. The van der Waals surface area contributed by atoms with Gasteiger partial charge in [-0.1, -0.05) is 0 Å². The van der Waals surface area contributed by atoms with Gasteiger partial charge in [0.1, 0.15) is 5.69 Å². The highest BCUT2D eigenvalue weighted by molar-refractivity contribution is 5.95. The maximum atomic E-state index is 12.6. The lowest BCUT2D eigenvalue weighted by atomic mass is 10.1. The third-order valence-electron chi connectivity index (χ3n) is 2.85. The molecule has 0 saturated carbocycles. The Morgan fingerprint density at radius 2 is 2.00 bits per heavy atom. The smallest absolute Gasteiger partial charge is 0.416 e. The van der Waals surface area contributed by atoms with Gasteiger partial charge in [-0.3, -0.25) is 0 Å². The van der Waals surface area contributed by atoms with E-state index in [-0.39, 0.29) is 12.3 Å². The molecule has 0 saturated heterocycles. The third-order valence-corrected chi connectivity index (χ3v) is 2.85. The van der Waals surface area contributed by atoms with E-state index in [1.54, 1.807) is 14.0 Å². The van der Waals surface area contributed by atoms with Crippen LogP contribution in [0.5, 0.6) is 0 Å². The fraction of sp³-hybridized carbons (Fsp3) is 0.308. The molecule has 0 radical (unpaired) electrons. The summed E-state index contributed by atoms with van der Waals surface area (Å²) in [7, 11) is 1.61. The van der Waals surface area contributed by atoms with Crippen LogP contribution in [0.3, 0.4) is 0 Å². The van der Waals surface area contributed by atoms with Crippen LogP contribution in [0.4, 0.5) is 13.2 Å². The molecule has 2 aromatic rings. The number of carbonyl (C=O) groups is 1. The fourth-order valence-electron chi connectivity index (χ4n) is 1.93. The summed E-state index contributed by atoms with van der Waals surface area (Å²) in [5.41, 5.74) is 0.0493. The van der Waals surface area contributed by atoms with Crippen molar-refractivity contribution in [1.29, 1.82) is 0 Å². The molecule has 6 heteroatoms. The number of hydrogen-bond donors (Lipinski definition) is 0. The van der Waals surface area contributed by atoms with E-state index in [4.69, 9.17) is 4.74 Å². The summed E-state index contributed by atoms with van der Waals surface area (Å²) in [6.07, 6.45) is -4.39. The molecular formula is C13H12F3NO2. The van der Waals surface area contributed by atoms with Crippen molar-refractivity contribution in [2.75, 3.05) is 6.61 Å². The van der Waals surface area contributed by atoms with Crippen LogP contribution in [0.2, 0.25) is 0 Å². The molecule has 3 nitrogen and oxygen atoms in total. The standard InChI is InChI=1S/C13H12F3NO2/c1-3-19-12(18)11-7-8-6-9(13(14,15)16)4-5-10(8)17(11)2/h4-7H,3H2,1-2H3. The molecule has 0 aliphatic carbocycles. The molecular weight excluding hydrogens is 259 g/mol. The van der Waals surface area contributed by atoms with E-state index in [0.29, 0.717) is 10.9 Å². The Morgan fingerprint density at radius 3 is 2.58 bits per heavy atom. The minimum Gasteiger partial charge on any atom is -0.461 e. The van der Waals surface area contributed by atoms with Crippen molar-refractivity contribution in [3.8, 4) is 0 Å². The SMILES string of the molecule is CCOC(=O)c1cc2cc(C(F)(F)F)ccc2n1C. The van der Waals surface area contributed by atoms with Gasteiger partial charge in [0.05, 0.1) is 12.2 Å². The van der Waals surface area contributed by atoms with Crippen LogP contribution < -0.4 is 0 Å². The predicted octanol–water partition coefficient (Wildman–Crippen LogP) is 3.37. The lowest BCUT2D eigenvalue weighted by molar-refractivity contribution is -0.137. The molecule has 2 rings (SSSR count). The molecule has 0 aliphatic rings. The zero-order valence-electron chi connectivity index (χ0n) is 10.4. The molecule has 1 aromatic carbocycles. The number of halogens is 3. The second-order valence-corrected chi connectivity index (χ2v) is 4.08. The highest BCUT2D eigenvalue weighted by Crippen LogP contribution is 2.32. The summed E-state index contributed by atoms with van der Waals surface area (Å²) in [6.45, 7) is 1.89. The molecule has 0 spiro atoms. The van der Waals surface area contributed by atoms with E-state index in [2.05, 4.69) is 0 Å². The Labute approximate surface area is 107 Å². The number of aryl methyl sites for hydroxylation is 1. The number of hydrogen-bond acceptors (Lipinski definition) is 2. The van der Waals surface area contributed by atoms with Crippen molar-refractivity contribution in [2.24, 2.45) is 7.05 Å². The van der Waals surface area contributed by atoms with Crippen LogP contribution in [0.15, 0.2) is 24.3 Å². The van der Waals surface area contributed by atoms with Crippen LogP contribution >= 0.6 is 0 Å². The molecule has 0 N–H and O–H groups in total. The third kappa shape index (κ3) is 2.43. The van der Waals surface area contributed by atoms with Gasteiger partial charge >= 0.3 is 12.1 Å². The molecule has 0 unspecified atom stereocenters.